The fraction of sp³-hybridized carbons (Fsp3) is 0.190. The van der Waals surface area contributed by atoms with Crippen molar-refractivity contribution in [1.82, 2.24) is 21.0 Å². The van der Waals surface area contributed by atoms with Crippen molar-refractivity contribution in [1.29, 1.82) is 0 Å². The number of ether oxygens (including phenoxy) is 1. The van der Waals surface area contributed by atoms with Crippen LogP contribution in [0.5, 0.6) is 5.75 Å². The number of nitrogens with one attached hydrogen (secondary N) is 4. The average Bonchev–Trinajstić information content (AvgIpc) is 3.54. The summed E-state index contributed by atoms with van der Waals surface area (Å²) < 4.78 is 32.9. The highest BCUT2D eigenvalue weighted by atomic mass is 32.2. The first-order chi connectivity index (χ1) is 15.4. The van der Waals surface area contributed by atoms with E-state index in [0.717, 1.165) is 18.5 Å². The van der Waals surface area contributed by atoms with Gasteiger partial charge in [-0.05, 0) is 61.4 Å². The molecule has 3 aromatic rings. The van der Waals surface area contributed by atoms with Gasteiger partial charge in [0.1, 0.15) is 5.75 Å². The molecule has 1 saturated carbocycles. The second kappa shape index (κ2) is 8.71. The zero-order chi connectivity index (χ0) is 22.7. The van der Waals surface area contributed by atoms with Gasteiger partial charge in [-0.3, -0.25) is 30.3 Å². The second-order valence-electron chi connectivity index (χ2n) is 7.25. The molecule has 1 fully saturated rings. The Labute approximate surface area is 184 Å². The average molecular weight is 455 g/mol. The van der Waals surface area contributed by atoms with Crippen LogP contribution in [0, 0.1) is 0 Å². The minimum Gasteiger partial charge on any atom is -0.497 e. The van der Waals surface area contributed by atoms with Gasteiger partial charge in [-0.2, -0.15) is 5.10 Å². The fourth-order valence-electron chi connectivity index (χ4n) is 2.98. The summed E-state index contributed by atoms with van der Waals surface area (Å²) >= 11 is 0. The van der Waals surface area contributed by atoms with Gasteiger partial charge in [-0.1, -0.05) is 6.07 Å². The minimum absolute atomic E-state index is 0.0589. The molecule has 1 aliphatic carbocycles. The Balaban J connectivity index is 1.40. The second-order valence-corrected chi connectivity index (χ2v) is 8.94. The largest absolute Gasteiger partial charge is 0.497 e. The van der Waals surface area contributed by atoms with Gasteiger partial charge in [0.15, 0.2) is 5.69 Å². The molecular weight excluding hydrogens is 434 g/mol. The number of carbonyl (C=O) groups is 2. The summed E-state index contributed by atoms with van der Waals surface area (Å²) in [4.78, 5) is 24.5. The first-order valence-electron chi connectivity index (χ1n) is 9.78. The number of hydrazine groups is 1. The molecule has 0 bridgehead atoms. The van der Waals surface area contributed by atoms with Crippen LogP contribution in [0.3, 0.4) is 0 Å². The van der Waals surface area contributed by atoms with Crippen LogP contribution in [0.25, 0.3) is 0 Å². The van der Waals surface area contributed by atoms with Gasteiger partial charge < -0.3 is 4.74 Å². The van der Waals surface area contributed by atoms with E-state index in [9.17, 15) is 18.0 Å². The van der Waals surface area contributed by atoms with E-state index < -0.39 is 21.8 Å². The van der Waals surface area contributed by atoms with Crippen LogP contribution >= 0.6 is 0 Å². The molecule has 4 rings (SSSR count). The number of hydrogen-bond donors (Lipinski definition) is 4. The first kappa shape index (κ1) is 21.4. The van der Waals surface area contributed by atoms with Crippen molar-refractivity contribution in [2.24, 2.45) is 0 Å². The summed E-state index contributed by atoms with van der Waals surface area (Å²) in [6, 6.07) is 13.5. The van der Waals surface area contributed by atoms with E-state index in [0.29, 0.717) is 17.4 Å². The Hall–Kier alpha value is -3.86. The molecule has 0 atom stereocenters. The van der Waals surface area contributed by atoms with Crippen LogP contribution in [0.1, 0.15) is 45.3 Å². The lowest BCUT2D eigenvalue weighted by atomic mass is 10.2. The normalized spacial score (nSPS) is 13.3. The molecule has 0 spiro atoms. The van der Waals surface area contributed by atoms with Crippen LogP contribution in [-0.4, -0.2) is 37.5 Å². The third kappa shape index (κ3) is 4.89. The van der Waals surface area contributed by atoms with Crippen LogP contribution in [0.15, 0.2) is 59.5 Å². The lowest BCUT2D eigenvalue weighted by Gasteiger charge is -2.10. The summed E-state index contributed by atoms with van der Waals surface area (Å²) in [6.07, 6.45) is 2.12. The summed E-state index contributed by atoms with van der Waals surface area (Å²) in [5.41, 5.74) is 6.01. The summed E-state index contributed by atoms with van der Waals surface area (Å²) in [6.45, 7) is 0. The molecule has 1 heterocycles. The van der Waals surface area contributed by atoms with Crippen molar-refractivity contribution < 1.29 is 22.7 Å². The van der Waals surface area contributed by atoms with Crippen LogP contribution in [-0.2, 0) is 10.0 Å². The predicted octanol–water partition coefficient (Wildman–Crippen LogP) is 2.17. The van der Waals surface area contributed by atoms with Crippen LogP contribution in [0.4, 0.5) is 5.69 Å². The van der Waals surface area contributed by atoms with Crippen molar-refractivity contribution in [3.05, 3.63) is 71.5 Å². The number of methoxy groups -OCH3 is 1. The van der Waals surface area contributed by atoms with Gasteiger partial charge in [-0.25, -0.2) is 8.42 Å². The molecule has 2 aromatic carbocycles. The molecule has 10 nitrogen and oxygen atoms in total. The lowest BCUT2D eigenvalue weighted by Crippen LogP contribution is -2.41. The number of rotatable bonds is 7. The van der Waals surface area contributed by atoms with Gasteiger partial charge >= 0.3 is 0 Å². The van der Waals surface area contributed by atoms with Crippen molar-refractivity contribution in [3.63, 3.8) is 0 Å². The SMILES string of the molecule is COc1ccc(NS(=O)(=O)c2cccc(C(=O)NNC(=O)c3cc(C4CC4)[nH]n3)c2)cc1. The molecule has 1 aromatic heterocycles. The van der Waals surface area contributed by atoms with Crippen molar-refractivity contribution >= 4 is 27.5 Å². The Morgan fingerprint density at radius 3 is 2.44 bits per heavy atom. The molecule has 1 aliphatic rings. The van der Waals surface area contributed by atoms with E-state index in [2.05, 4.69) is 25.8 Å². The molecule has 32 heavy (non-hydrogen) atoms. The number of anilines is 1. The Morgan fingerprint density at radius 2 is 1.75 bits per heavy atom. The number of nitrogens with zero attached hydrogens (tertiary/aromatic N) is 1. The molecule has 0 unspecified atom stereocenters. The van der Waals surface area contributed by atoms with Gasteiger partial charge in [0.2, 0.25) is 0 Å². The van der Waals surface area contributed by atoms with Gasteiger partial charge in [0.25, 0.3) is 21.8 Å². The highest BCUT2D eigenvalue weighted by Crippen LogP contribution is 2.38. The van der Waals surface area contributed by atoms with E-state index >= 15 is 0 Å². The molecule has 2 amide bonds. The van der Waals surface area contributed by atoms with Gasteiger partial charge in [0, 0.05) is 22.9 Å². The summed E-state index contributed by atoms with van der Waals surface area (Å²) in [7, 11) is -2.42. The number of aromatic amines is 1. The van der Waals surface area contributed by atoms with E-state index in [4.69, 9.17) is 4.74 Å². The maximum Gasteiger partial charge on any atom is 0.290 e. The van der Waals surface area contributed by atoms with Crippen LogP contribution in [0.2, 0.25) is 0 Å². The van der Waals surface area contributed by atoms with E-state index in [1.54, 1.807) is 30.3 Å². The highest BCUT2D eigenvalue weighted by molar-refractivity contribution is 7.92. The molecule has 0 aliphatic heterocycles. The topological polar surface area (TPSA) is 142 Å². The quantitative estimate of drug-likeness (QED) is 0.402. The number of sulfonamides is 1. The zero-order valence-electron chi connectivity index (χ0n) is 17.1. The maximum atomic E-state index is 12.7. The molecular formula is C21H21N5O5S. The zero-order valence-corrected chi connectivity index (χ0v) is 17.9. The summed E-state index contributed by atoms with van der Waals surface area (Å²) in [5.74, 6) is -0.244. The van der Waals surface area contributed by atoms with Crippen molar-refractivity contribution in [2.75, 3.05) is 11.8 Å². The van der Waals surface area contributed by atoms with E-state index in [1.165, 1.54) is 31.4 Å². The predicted molar refractivity (Wildman–Crippen MR) is 116 cm³/mol. The van der Waals surface area contributed by atoms with Crippen LogP contribution < -0.4 is 20.3 Å². The summed E-state index contributed by atoms with van der Waals surface area (Å²) in [5, 5.41) is 6.76. The number of aromatic nitrogens is 2. The Bertz CT molecular complexity index is 1250. The monoisotopic (exact) mass is 455 g/mol. The van der Waals surface area contributed by atoms with Crippen molar-refractivity contribution in [3.8, 4) is 5.75 Å². The molecule has 166 valence electrons. The van der Waals surface area contributed by atoms with Gasteiger partial charge in [-0.15, -0.1) is 0 Å². The number of benzene rings is 2. The number of carbonyl (C=O) groups excluding carboxylic acids is 2. The third-order valence-corrected chi connectivity index (χ3v) is 6.26. The molecule has 0 saturated heterocycles. The fourth-order valence-corrected chi connectivity index (χ4v) is 4.09. The molecule has 4 N–H and O–H groups in total. The van der Waals surface area contributed by atoms with E-state index in [-0.39, 0.29) is 16.2 Å². The Kier molecular flexibility index (Phi) is 5.82. The smallest absolute Gasteiger partial charge is 0.290 e. The number of amides is 2. The molecule has 0 radical (unpaired) electrons. The minimum atomic E-state index is -3.93. The van der Waals surface area contributed by atoms with E-state index in [1.807, 2.05) is 0 Å². The first-order valence-corrected chi connectivity index (χ1v) is 11.3. The Morgan fingerprint density at radius 1 is 1.03 bits per heavy atom. The maximum absolute atomic E-state index is 12.7. The third-order valence-electron chi connectivity index (χ3n) is 4.89. The van der Waals surface area contributed by atoms with Gasteiger partial charge in [0.05, 0.1) is 12.0 Å². The standard InChI is InChI=1S/C21H21N5O5S/c1-31-16-9-7-15(8-10-16)26-32(29,30)17-4-2-3-14(11-17)20(27)24-25-21(28)19-12-18(22-23-19)13-5-6-13/h2-4,7-13,26H,5-6H2,1H3,(H,22,23)(H,24,27)(H,25,28). The lowest BCUT2D eigenvalue weighted by molar-refractivity contribution is 0.0844. The number of H-pyrrole nitrogens is 1. The van der Waals surface area contributed by atoms with Crippen molar-refractivity contribution in [2.45, 2.75) is 23.7 Å². The highest BCUT2D eigenvalue weighted by Gasteiger charge is 2.26. The molecule has 11 heteroatoms. The number of hydrogen-bond acceptors (Lipinski definition) is 6.